The molecule has 94 valence electrons. The zero-order chi connectivity index (χ0) is 12.8. The molecule has 1 aromatic carbocycles. The molecule has 18 heavy (non-hydrogen) atoms. The summed E-state index contributed by atoms with van der Waals surface area (Å²) in [6, 6.07) is 7.75. The summed E-state index contributed by atoms with van der Waals surface area (Å²) in [6.45, 7) is 0.458. The van der Waals surface area contributed by atoms with Gasteiger partial charge in [0.15, 0.2) is 0 Å². The van der Waals surface area contributed by atoms with Crippen molar-refractivity contribution in [1.29, 1.82) is 0 Å². The van der Waals surface area contributed by atoms with Crippen LogP contribution in [0, 0.1) is 0 Å². The summed E-state index contributed by atoms with van der Waals surface area (Å²) in [5, 5.41) is 0. The first-order chi connectivity index (χ1) is 8.81. The van der Waals surface area contributed by atoms with Crippen molar-refractivity contribution in [2.24, 2.45) is 0 Å². The molecule has 0 fully saturated rings. The molecule has 0 saturated heterocycles. The van der Waals surface area contributed by atoms with Crippen molar-refractivity contribution in [2.75, 3.05) is 14.2 Å². The molecule has 0 saturated carbocycles. The van der Waals surface area contributed by atoms with Gasteiger partial charge in [-0.15, -0.1) is 0 Å². The van der Waals surface area contributed by atoms with Crippen LogP contribution in [0.2, 0.25) is 0 Å². The van der Waals surface area contributed by atoms with Gasteiger partial charge in [0.2, 0.25) is 5.89 Å². The van der Waals surface area contributed by atoms with Gasteiger partial charge in [-0.3, -0.25) is 0 Å². The van der Waals surface area contributed by atoms with E-state index in [2.05, 4.69) is 4.98 Å². The van der Waals surface area contributed by atoms with Gasteiger partial charge in [-0.2, -0.15) is 0 Å². The van der Waals surface area contributed by atoms with Crippen molar-refractivity contribution in [3.8, 4) is 5.75 Å². The van der Waals surface area contributed by atoms with E-state index in [0.717, 1.165) is 17.0 Å². The number of rotatable bonds is 5. The Hall–Kier alpha value is -2.07. The van der Waals surface area contributed by atoms with Crippen molar-refractivity contribution in [3.05, 3.63) is 47.7 Å². The molecule has 2 rings (SSSR count). The van der Waals surface area contributed by atoms with E-state index in [1.807, 2.05) is 36.4 Å². The lowest BCUT2D eigenvalue weighted by atomic mass is 10.2. The quantitative estimate of drug-likeness (QED) is 0.812. The lowest BCUT2D eigenvalue weighted by molar-refractivity contribution is 0.181. The van der Waals surface area contributed by atoms with E-state index < -0.39 is 0 Å². The highest BCUT2D eigenvalue weighted by Crippen LogP contribution is 2.14. The molecule has 0 aliphatic carbocycles. The van der Waals surface area contributed by atoms with Gasteiger partial charge in [-0.1, -0.05) is 12.1 Å². The van der Waals surface area contributed by atoms with Gasteiger partial charge in [-0.05, 0) is 23.8 Å². The average Bonchev–Trinajstić information content (AvgIpc) is 2.85. The van der Waals surface area contributed by atoms with Gasteiger partial charge in [0.25, 0.3) is 0 Å². The topological polar surface area (TPSA) is 44.5 Å². The Morgan fingerprint density at radius 3 is 2.61 bits per heavy atom. The molecule has 0 unspecified atom stereocenters. The molecule has 0 spiro atoms. The molecule has 2 aromatic rings. The van der Waals surface area contributed by atoms with Gasteiger partial charge < -0.3 is 13.9 Å². The second kappa shape index (κ2) is 6.02. The summed E-state index contributed by atoms with van der Waals surface area (Å²) >= 11 is 0. The van der Waals surface area contributed by atoms with E-state index in [1.165, 1.54) is 0 Å². The van der Waals surface area contributed by atoms with Crippen molar-refractivity contribution in [3.63, 3.8) is 0 Å². The van der Waals surface area contributed by atoms with Crippen LogP contribution >= 0.6 is 0 Å². The SMILES string of the molecule is COCc1coc(C=Cc2ccc(OC)cc2)n1. The molecule has 0 N–H and O–H groups in total. The lowest BCUT2D eigenvalue weighted by Crippen LogP contribution is -1.86. The van der Waals surface area contributed by atoms with E-state index in [9.17, 15) is 0 Å². The number of hydrogen-bond acceptors (Lipinski definition) is 4. The normalized spacial score (nSPS) is 11.0. The molecule has 1 aromatic heterocycles. The van der Waals surface area contributed by atoms with Crippen molar-refractivity contribution in [1.82, 2.24) is 4.98 Å². The molecule has 1 heterocycles. The van der Waals surface area contributed by atoms with E-state index in [1.54, 1.807) is 20.5 Å². The van der Waals surface area contributed by atoms with Crippen LogP contribution in [0.3, 0.4) is 0 Å². The van der Waals surface area contributed by atoms with Crippen LogP contribution in [0.25, 0.3) is 12.2 Å². The molecule has 0 radical (unpaired) electrons. The molecule has 0 atom stereocenters. The molecule has 0 amide bonds. The van der Waals surface area contributed by atoms with E-state index >= 15 is 0 Å². The smallest absolute Gasteiger partial charge is 0.218 e. The Bertz CT molecular complexity index is 514. The number of oxazole rings is 1. The second-order valence-electron chi connectivity index (χ2n) is 3.72. The van der Waals surface area contributed by atoms with Gasteiger partial charge in [0.1, 0.15) is 17.7 Å². The van der Waals surface area contributed by atoms with E-state index in [4.69, 9.17) is 13.9 Å². The predicted molar refractivity (Wildman–Crippen MR) is 69.1 cm³/mol. The Balaban J connectivity index is 2.04. The van der Waals surface area contributed by atoms with Crippen LogP contribution < -0.4 is 4.74 Å². The highest BCUT2D eigenvalue weighted by molar-refractivity contribution is 5.66. The Morgan fingerprint density at radius 1 is 1.17 bits per heavy atom. The van der Waals surface area contributed by atoms with Crippen LogP contribution in [-0.4, -0.2) is 19.2 Å². The maximum absolute atomic E-state index is 5.28. The highest BCUT2D eigenvalue weighted by Gasteiger charge is 1.99. The van der Waals surface area contributed by atoms with Crippen molar-refractivity contribution >= 4 is 12.2 Å². The third-order valence-corrected chi connectivity index (χ3v) is 2.40. The molecular formula is C14H15NO3. The summed E-state index contributed by atoms with van der Waals surface area (Å²) < 4.78 is 15.3. The maximum atomic E-state index is 5.28. The van der Waals surface area contributed by atoms with Crippen molar-refractivity contribution in [2.45, 2.75) is 6.61 Å². The standard InChI is InChI=1S/C14H15NO3/c1-16-9-12-10-18-14(15-12)8-5-11-3-6-13(17-2)7-4-11/h3-8,10H,9H2,1-2H3. The minimum absolute atomic E-state index is 0.458. The summed E-state index contributed by atoms with van der Waals surface area (Å²) in [5.74, 6) is 1.41. The third kappa shape index (κ3) is 3.21. The average molecular weight is 245 g/mol. The summed E-state index contributed by atoms with van der Waals surface area (Å²) in [4.78, 5) is 4.25. The largest absolute Gasteiger partial charge is 0.497 e. The Morgan fingerprint density at radius 2 is 1.94 bits per heavy atom. The van der Waals surface area contributed by atoms with Crippen LogP contribution in [0.15, 0.2) is 34.9 Å². The molecular weight excluding hydrogens is 230 g/mol. The van der Waals surface area contributed by atoms with Crippen LogP contribution in [-0.2, 0) is 11.3 Å². The fraction of sp³-hybridized carbons (Fsp3) is 0.214. The first kappa shape index (κ1) is 12.4. The number of ether oxygens (including phenoxy) is 2. The summed E-state index contributed by atoms with van der Waals surface area (Å²) in [5.41, 5.74) is 1.84. The lowest BCUT2D eigenvalue weighted by Gasteiger charge is -1.98. The number of methoxy groups -OCH3 is 2. The van der Waals surface area contributed by atoms with Gasteiger partial charge in [-0.25, -0.2) is 4.98 Å². The summed E-state index contributed by atoms with van der Waals surface area (Å²) in [6.07, 6.45) is 5.35. The zero-order valence-electron chi connectivity index (χ0n) is 10.4. The third-order valence-electron chi connectivity index (χ3n) is 2.40. The van der Waals surface area contributed by atoms with E-state index in [0.29, 0.717) is 12.5 Å². The number of nitrogens with zero attached hydrogens (tertiary/aromatic N) is 1. The number of aromatic nitrogens is 1. The molecule has 0 bridgehead atoms. The fourth-order valence-corrected chi connectivity index (χ4v) is 1.50. The minimum atomic E-state index is 0.458. The highest BCUT2D eigenvalue weighted by atomic mass is 16.5. The van der Waals surface area contributed by atoms with Crippen LogP contribution in [0.4, 0.5) is 0 Å². The first-order valence-electron chi connectivity index (χ1n) is 5.57. The number of hydrogen-bond donors (Lipinski definition) is 0. The number of benzene rings is 1. The maximum Gasteiger partial charge on any atom is 0.218 e. The minimum Gasteiger partial charge on any atom is -0.497 e. The monoisotopic (exact) mass is 245 g/mol. The predicted octanol–water partition coefficient (Wildman–Crippen LogP) is 3.00. The molecule has 4 nitrogen and oxygen atoms in total. The van der Waals surface area contributed by atoms with E-state index in [-0.39, 0.29) is 0 Å². The molecule has 0 aliphatic heterocycles. The zero-order valence-corrected chi connectivity index (χ0v) is 10.4. The van der Waals surface area contributed by atoms with Crippen molar-refractivity contribution < 1.29 is 13.9 Å². The fourth-order valence-electron chi connectivity index (χ4n) is 1.50. The molecule has 4 heteroatoms. The first-order valence-corrected chi connectivity index (χ1v) is 5.57. The summed E-state index contributed by atoms with van der Waals surface area (Å²) in [7, 11) is 3.27. The Labute approximate surface area is 106 Å². The van der Waals surface area contributed by atoms with Gasteiger partial charge in [0.05, 0.1) is 13.7 Å². The van der Waals surface area contributed by atoms with Crippen LogP contribution in [0.5, 0.6) is 5.75 Å². The van der Waals surface area contributed by atoms with Crippen LogP contribution in [0.1, 0.15) is 17.1 Å². The van der Waals surface area contributed by atoms with Gasteiger partial charge in [0, 0.05) is 13.2 Å². The molecule has 0 aliphatic rings. The van der Waals surface area contributed by atoms with Gasteiger partial charge >= 0.3 is 0 Å². The second-order valence-corrected chi connectivity index (χ2v) is 3.72. The Kier molecular flexibility index (Phi) is 4.15.